The Hall–Kier alpha value is 2.44. The minimum absolute atomic E-state index is 2.00. The van der Waals surface area contributed by atoms with Gasteiger partial charge in [0.2, 0.25) is 0 Å². The molecule has 0 aromatic rings. The molecule has 0 fully saturated rings. The molecule has 0 radical (unpaired) electrons. The molecule has 0 N–H and O–H groups in total. The lowest BCUT2D eigenvalue weighted by Gasteiger charge is -1.90. The summed E-state index contributed by atoms with van der Waals surface area (Å²) in [6.07, 6.45) is 0. The summed E-state index contributed by atoms with van der Waals surface area (Å²) < 4.78 is 71.2. The van der Waals surface area contributed by atoms with Crippen LogP contribution in [0.25, 0.3) is 0 Å². The first-order valence-corrected chi connectivity index (χ1v) is 21.1. The highest BCUT2D eigenvalue weighted by Crippen LogP contribution is 2.08. The third kappa shape index (κ3) is 1300. The second-order valence-corrected chi connectivity index (χ2v) is 12.4. The second kappa shape index (κ2) is 29.5. The maximum absolute atomic E-state index is 8.89. The van der Waals surface area contributed by atoms with Crippen molar-refractivity contribution in [3.8, 4) is 0 Å². The van der Waals surface area contributed by atoms with Crippen LogP contribution in [0, 0.1) is 0 Å². The van der Waals surface area contributed by atoms with Crippen molar-refractivity contribution in [2.75, 3.05) is 21.1 Å². The van der Waals surface area contributed by atoms with Crippen LogP contribution in [0.3, 0.4) is 0 Å². The Balaban J connectivity index is -0.0000000469. The first-order valence-electron chi connectivity index (χ1n) is 3.15. The lowest BCUT2D eigenvalue weighted by atomic mass is 11.0. The molecule has 0 heterocycles. The highest BCUT2D eigenvalue weighted by Gasteiger charge is 1.61. The molecule has 17 heteroatoms. The van der Waals surface area contributed by atoms with Gasteiger partial charge in [-0.05, 0) is 21.1 Å². The molecule has 0 aliphatic heterocycles. The average molecular weight is 837 g/mol. The van der Waals surface area contributed by atoms with Gasteiger partial charge in [0.05, 0.1) is 0 Å². The molecule has 0 atom stereocenters. The van der Waals surface area contributed by atoms with Gasteiger partial charge >= 0.3 is 74.7 Å². The minimum atomic E-state index is -3.29. The summed E-state index contributed by atoms with van der Waals surface area (Å²) in [6.45, 7) is 0. The van der Waals surface area contributed by atoms with Crippen molar-refractivity contribution >= 4 is 110 Å². The normalized spacial score (nSPS) is 8.60. The fraction of sp³-hybridized carbons (Fsp3) is 1.00. The van der Waals surface area contributed by atoms with Crippen LogP contribution in [-0.2, 0) is 24.6 Å². The van der Waals surface area contributed by atoms with Gasteiger partial charge in [0, 0.05) is 35.6 Å². The third-order valence-electron chi connectivity index (χ3n) is 0. The van der Waals surface area contributed by atoms with Crippen LogP contribution in [0.1, 0.15) is 0 Å². The van der Waals surface area contributed by atoms with Crippen molar-refractivity contribution in [1.82, 2.24) is 4.90 Å². The van der Waals surface area contributed by atoms with Gasteiger partial charge in [-0.3, -0.25) is 0 Å². The first kappa shape index (κ1) is 33.9. The van der Waals surface area contributed by atoms with E-state index in [-0.39, 0.29) is 0 Å². The summed E-state index contributed by atoms with van der Waals surface area (Å²) in [4.78, 5) is 2.00. The first-order chi connectivity index (χ1) is 8.66. The van der Waals surface area contributed by atoms with Crippen molar-refractivity contribution in [2.45, 2.75) is 0 Å². The summed E-state index contributed by atoms with van der Waals surface area (Å²) in [7, 11) is 23.3. The molecule has 0 bridgehead atoms. The van der Waals surface area contributed by atoms with Crippen LogP contribution in [-0.4, -0.2) is 26.0 Å². The van der Waals surface area contributed by atoms with E-state index in [1.807, 2.05) is 26.0 Å². The lowest BCUT2D eigenvalue weighted by Crippen LogP contribution is -1.99. The summed E-state index contributed by atoms with van der Waals surface area (Å²) in [6, 6.07) is 0. The topological polar surface area (TPSA) is 140 Å². The average Bonchev–Trinajstić information content (AvgIpc) is 1.94. The van der Waals surface area contributed by atoms with Gasteiger partial charge in [-0.15, -0.1) is 0 Å². The Labute approximate surface area is 158 Å². The molecule has 0 saturated carbocycles. The van der Waals surface area contributed by atoms with Gasteiger partial charge in [-0.1, -0.05) is 0 Å². The van der Waals surface area contributed by atoms with Crippen LogP contribution >= 0.6 is 110 Å². The van der Waals surface area contributed by atoms with E-state index in [1.54, 1.807) is 0 Å². The number of halogens is 8. The van der Waals surface area contributed by atoms with Crippen molar-refractivity contribution in [1.29, 1.82) is 0 Å². The number of hydrogen-bond acceptors (Lipinski definition) is 9. The van der Waals surface area contributed by atoms with Crippen LogP contribution in [0.15, 0.2) is 0 Å². The molecule has 9 nitrogen and oxygen atoms in total. The molecular formula is C3H9Cl4I4NO8. The van der Waals surface area contributed by atoms with Crippen molar-refractivity contribution < 1.29 is 24.6 Å². The van der Waals surface area contributed by atoms with E-state index in [2.05, 4.69) is 35.6 Å². The van der Waals surface area contributed by atoms with Gasteiger partial charge in [-0.25, -0.2) is 24.6 Å². The Morgan fingerprint density at radius 2 is 0.500 bits per heavy atom. The highest BCUT2D eigenvalue weighted by atomic mass is 127. The van der Waals surface area contributed by atoms with E-state index in [0.29, 0.717) is 0 Å². The molecule has 130 valence electrons. The Kier molecular flexibility index (Phi) is 49.9. The molecular weight excluding hydrogens is 827 g/mol. The van der Waals surface area contributed by atoms with Crippen molar-refractivity contribution in [3.63, 3.8) is 0 Å². The van der Waals surface area contributed by atoms with E-state index >= 15 is 0 Å². The summed E-state index contributed by atoms with van der Waals surface area (Å²) in [5, 5.41) is 0. The zero-order chi connectivity index (χ0) is 17.9. The largest absolute Gasteiger partial charge is 0.409 e. The highest BCUT2D eigenvalue weighted by molar-refractivity contribution is 14.2. The van der Waals surface area contributed by atoms with Crippen molar-refractivity contribution in [2.24, 2.45) is 0 Å². The molecule has 0 rings (SSSR count). The van der Waals surface area contributed by atoms with Gasteiger partial charge < -0.3 is 4.90 Å². The van der Waals surface area contributed by atoms with Crippen LogP contribution < -0.4 is 0 Å². The molecule has 0 aliphatic carbocycles. The maximum Gasteiger partial charge on any atom is 0.409 e. The third-order valence-corrected chi connectivity index (χ3v) is 0. The number of rotatable bonds is 0. The minimum Gasteiger partial charge on any atom is -0.312 e. The van der Waals surface area contributed by atoms with Crippen LogP contribution in [0.2, 0.25) is 0 Å². The monoisotopic (exact) mass is 835 g/mol. The SMILES string of the molecule is CN(C)C.O=I(=O)Cl.O=I(=O)Cl.O=I(=O)Cl.O=I(=O)Cl. The van der Waals surface area contributed by atoms with E-state index in [0.717, 1.165) is 0 Å². The van der Waals surface area contributed by atoms with Crippen molar-refractivity contribution in [3.05, 3.63) is 0 Å². The summed E-state index contributed by atoms with van der Waals surface area (Å²) >= 11 is -13.2. The maximum atomic E-state index is 8.89. The van der Waals surface area contributed by atoms with Crippen LogP contribution in [0.4, 0.5) is 0 Å². The standard InChI is InChI=1S/C3H9N.4ClIO2/c1-4(2)3;4*1-2(3)4/h1-3H3;;;;. The second-order valence-electron chi connectivity index (χ2n) is 2.06. The Bertz CT molecular complexity index is 352. The lowest BCUT2D eigenvalue weighted by molar-refractivity contribution is 0.505. The number of nitrogens with zero attached hydrogens (tertiary/aromatic N) is 1. The summed E-state index contributed by atoms with van der Waals surface area (Å²) in [5.74, 6) is 0. The predicted octanol–water partition coefficient (Wildman–Crippen LogP) is 5.53. The van der Waals surface area contributed by atoms with E-state index < -0.39 is 74.7 Å². The fourth-order valence-electron chi connectivity index (χ4n) is 0. The van der Waals surface area contributed by atoms with Crippen LogP contribution in [0.5, 0.6) is 0 Å². The molecule has 20 heavy (non-hydrogen) atoms. The van der Waals surface area contributed by atoms with Gasteiger partial charge in [0.25, 0.3) is 0 Å². The van der Waals surface area contributed by atoms with Gasteiger partial charge in [0.1, 0.15) is 0 Å². The number of hydrogen-bond donors (Lipinski definition) is 0. The smallest absolute Gasteiger partial charge is 0.312 e. The zero-order valence-corrected chi connectivity index (χ0v) is 21.4. The van der Waals surface area contributed by atoms with E-state index in [1.165, 1.54) is 0 Å². The molecule has 0 aromatic carbocycles. The molecule has 0 spiro atoms. The molecule has 0 aromatic heterocycles. The fourth-order valence-corrected chi connectivity index (χ4v) is 0. The zero-order valence-electron chi connectivity index (χ0n) is 9.74. The molecule has 0 amide bonds. The Morgan fingerprint density at radius 3 is 0.500 bits per heavy atom. The van der Waals surface area contributed by atoms with Gasteiger partial charge in [0.15, 0.2) is 0 Å². The van der Waals surface area contributed by atoms with E-state index in [9.17, 15) is 0 Å². The quantitative estimate of drug-likeness (QED) is 0.289. The molecule has 0 saturated heterocycles. The predicted molar refractivity (Wildman–Crippen MR) is 105 cm³/mol. The van der Waals surface area contributed by atoms with Gasteiger partial charge in [-0.2, -0.15) is 0 Å². The molecule has 0 unspecified atom stereocenters. The van der Waals surface area contributed by atoms with E-state index in [4.69, 9.17) is 24.6 Å². The Morgan fingerprint density at radius 1 is 0.500 bits per heavy atom. The summed E-state index contributed by atoms with van der Waals surface area (Å²) in [5.41, 5.74) is 0. The molecule has 0 aliphatic rings.